The maximum absolute atomic E-state index is 4.28. The van der Waals surface area contributed by atoms with Gasteiger partial charge in [-0.3, -0.25) is 9.97 Å². The van der Waals surface area contributed by atoms with Crippen LogP contribution in [0.2, 0.25) is 0 Å². The lowest BCUT2D eigenvalue weighted by Crippen LogP contribution is -2.14. The molecule has 2 heterocycles. The van der Waals surface area contributed by atoms with Gasteiger partial charge in [-0.2, -0.15) is 0 Å². The summed E-state index contributed by atoms with van der Waals surface area (Å²) in [4.78, 5) is 15.7. The monoisotopic (exact) mass is 217 g/mol. The first-order valence-electron chi connectivity index (χ1n) is 5.41. The standard InChI is InChI=1S/C11H15N5/c1-2-3-12-8-11-15-7-10(16-11)9-6-13-4-5-14-9/h4-7,12H,2-3,8H2,1H3,(H,15,16). The SMILES string of the molecule is CCCNCc1ncc(-c2cnccn2)[nH]1. The van der Waals surface area contributed by atoms with Crippen molar-refractivity contribution in [3.8, 4) is 11.4 Å². The van der Waals surface area contributed by atoms with Crippen molar-refractivity contribution < 1.29 is 0 Å². The minimum Gasteiger partial charge on any atom is -0.340 e. The molecule has 84 valence electrons. The summed E-state index contributed by atoms with van der Waals surface area (Å²) in [7, 11) is 0. The fraction of sp³-hybridized carbons (Fsp3) is 0.364. The largest absolute Gasteiger partial charge is 0.340 e. The van der Waals surface area contributed by atoms with E-state index in [2.05, 4.69) is 32.2 Å². The fourth-order valence-corrected chi connectivity index (χ4v) is 1.40. The summed E-state index contributed by atoms with van der Waals surface area (Å²) in [6, 6.07) is 0. The molecule has 0 spiro atoms. The van der Waals surface area contributed by atoms with E-state index in [-0.39, 0.29) is 0 Å². The van der Waals surface area contributed by atoms with E-state index in [1.165, 1.54) is 0 Å². The van der Waals surface area contributed by atoms with Crippen molar-refractivity contribution in [2.45, 2.75) is 19.9 Å². The van der Waals surface area contributed by atoms with Crippen LogP contribution in [0, 0.1) is 0 Å². The average molecular weight is 217 g/mol. The predicted octanol–water partition coefficient (Wildman–Crippen LogP) is 1.37. The number of hydrogen-bond donors (Lipinski definition) is 2. The number of aromatic nitrogens is 4. The Morgan fingerprint density at radius 2 is 2.19 bits per heavy atom. The zero-order valence-electron chi connectivity index (χ0n) is 9.27. The third kappa shape index (κ3) is 2.64. The van der Waals surface area contributed by atoms with Crippen molar-refractivity contribution in [3.05, 3.63) is 30.6 Å². The molecule has 5 heteroatoms. The van der Waals surface area contributed by atoms with Gasteiger partial charge in [-0.05, 0) is 13.0 Å². The summed E-state index contributed by atoms with van der Waals surface area (Å²) >= 11 is 0. The van der Waals surface area contributed by atoms with Gasteiger partial charge in [0.25, 0.3) is 0 Å². The zero-order chi connectivity index (χ0) is 11.2. The number of nitrogens with one attached hydrogen (secondary N) is 2. The van der Waals surface area contributed by atoms with Gasteiger partial charge in [-0.15, -0.1) is 0 Å². The van der Waals surface area contributed by atoms with Crippen molar-refractivity contribution in [1.29, 1.82) is 0 Å². The van der Waals surface area contributed by atoms with E-state index in [4.69, 9.17) is 0 Å². The Hall–Kier alpha value is -1.75. The topological polar surface area (TPSA) is 66.5 Å². The van der Waals surface area contributed by atoms with Crippen LogP contribution in [0.25, 0.3) is 11.4 Å². The Morgan fingerprint density at radius 3 is 2.94 bits per heavy atom. The molecule has 0 fully saturated rings. The van der Waals surface area contributed by atoms with E-state index in [1.807, 2.05) is 0 Å². The molecule has 0 radical (unpaired) electrons. The van der Waals surface area contributed by atoms with Crippen LogP contribution in [0.3, 0.4) is 0 Å². The number of aromatic amines is 1. The Morgan fingerprint density at radius 1 is 1.25 bits per heavy atom. The number of rotatable bonds is 5. The van der Waals surface area contributed by atoms with Crippen LogP contribution in [0.4, 0.5) is 0 Å². The molecule has 0 unspecified atom stereocenters. The van der Waals surface area contributed by atoms with E-state index in [0.717, 1.165) is 36.7 Å². The second-order valence-corrected chi connectivity index (χ2v) is 3.51. The quantitative estimate of drug-likeness (QED) is 0.742. The van der Waals surface area contributed by atoms with Gasteiger partial charge in [0.05, 0.1) is 24.6 Å². The van der Waals surface area contributed by atoms with Crippen LogP contribution < -0.4 is 5.32 Å². The number of hydrogen-bond acceptors (Lipinski definition) is 4. The first kappa shape index (κ1) is 10.8. The zero-order valence-corrected chi connectivity index (χ0v) is 9.27. The van der Waals surface area contributed by atoms with Crippen LogP contribution in [-0.2, 0) is 6.54 Å². The molecule has 0 saturated heterocycles. The van der Waals surface area contributed by atoms with Crippen molar-refractivity contribution in [1.82, 2.24) is 25.3 Å². The first-order chi connectivity index (χ1) is 7.90. The molecule has 2 rings (SSSR count). The third-order valence-electron chi connectivity index (χ3n) is 2.19. The van der Waals surface area contributed by atoms with Gasteiger partial charge in [-0.25, -0.2) is 4.98 Å². The predicted molar refractivity (Wildman–Crippen MR) is 61.6 cm³/mol. The summed E-state index contributed by atoms with van der Waals surface area (Å²) in [5.74, 6) is 0.925. The molecule has 2 aromatic heterocycles. The van der Waals surface area contributed by atoms with E-state index < -0.39 is 0 Å². The summed E-state index contributed by atoms with van der Waals surface area (Å²) < 4.78 is 0. The molecule has 2 aromatic rings. The number of imidazole rings is 1. The van der Waals surface area contributed by atoms with Gasteiger partial charge in [-0.1, -0.05) is 6.92 Å². The molecular formula is C11H15N5. The van der Waals surface area contributed by atoms with E-state index in [9.17, 15) is 0 Å². The average Bonchev–Trinajstić information content (AvgIpc) is 2.79. The fourth-order valence-electron chi connectivity index (χ4n) is 1.40. The summed E-state index contributed by atoms with van der Waals surface area (Å²) in [6.07, 6.45) is 7.95. The molecule has 0 aliphatic rings. The molecule has 0 aromatic carbocycles. The molecule has 0 bridgehead atoms. The van der Waals surface area contributed by atoms with Crippen LogP contribution in [0.5, 0.6) is 0 Å². The molecule has 5 nitrogen and oxygen atoms in total. The van der Waals surface area contributed by atoms with Crippen molar-refractivity contribution in [3.63, 3.8) is 0 Å². The van der Waals surface area contributed by atoms with Gasteiger partial charge in [0.1, 0.15) is 11.5 Å². The Balaban J connectivity index is 2.02. The Labute approximate surface area is 94.4 Å². The molecule has 0 aliphatic heterocycles. The molecule has 0 amide bonds. The highest BCUT2D eigenvalue weighted by molar-refractivity contribution is 5.51. The first-order valence-corrected chi connectivity index (χ1v) is 5.41. The maximum Gasteiger partial charge on any atom is 0.120 e. The van der Waals surface area contributed by atoms with Gasteiger partial charge >= 0.3 is 0 Å². The normalized spacial score (nSPS) is 10.6. The number of nitrogens with zero attached hydrogens (tertiary/aromatic N) is 3. The van der Waals surface area contributed by atoms with Crippen molar-refractivity contribution in [2.75, 3.05) is 6.54 Å². The highest BCUT2D eigenvalue weighted by Crippen LogP contribution is 2.11. The van der Waals surface area contributed by atoms with Crippen LogP contribution >= 0.6 is 0 Å². The van der Waals surface area contributed by atoms with E-state index >= 15 is 0 Å². The number of H-pyrrole nitrogens is 1. The highest BCUT2D eigenvalue weighted by atomic mass is 15.0. The molecular weight excluding hydrogens is 202 g/mol. The molecule has 0 saturated carbocycles. The molecule has 2 N–H and O–H groups in total. The van der Waals surface area contributed by atoms with Crippen LogP contribution in [0.1, 0.15) is 19.2 Å². The van der Waals surface area contributed by atoms with Gasteiger partial charge < -0.3 is 10.3 Å². The Bertz CT molecular complexity index is 423. The second kappa shape index (κ2) is 5.37. The molecule has 0 aliphatic carbocycles. The highest BCUT2D eigenvalue weighted by Gasteiger charge is 2.03. The van der Waals surface area contributed by atoms with E-state index in [1.54, 1.807) is 24.8 Å². The van der Waals surface area contributed by atoms with Crippen molar-refractivity contribution in [2.24, 2.45) is 0 Å². The smallest absolute Gasteiger partial charge is 0.120 e. The summed E-state index contributed by atoms with van der Waals surface area (Å²) in [5.41, 5.74) is 1.72. The van der Waals surface area contributed by atoms with Crippen LogP contribution in [0.15, 0.2) is 24.8 Å². The minimum atomic E-state index is 0.758. The summed E-state index contributed by atoms with van der Waals surface area (Å²) in [5, 5.41) is 3.29. The van der Waals surface area contributed by atoms with E-state index in [0.29, 0.717) is 0 Å². The minimum absolute atomic E-state index is 0.758. The van der Waals surface area contributed by atoms with Gasteiger partial charge in [0.15, 0.2) is 0 Å². The van der Waals surface area contributed by atoms with Crippen LogP contribution in [-0.4, -0.2) is 26.5 Å². The second-order valence-electron chi connectivity index (χ2n) is 3.51. The molecule has 0 atom stereocenters. The Kier molecular flexibility index (Phi) is 3.61. The lowest BCUT2D eigenvalue weighted by Gasteiger charge is -1.98. The third-order valence-corrected chi connectivity index (χ3v) is 2.19. The maximum atomic E-state index is 4.28. The molecule has 16 heavy (non-hydrogen) atoms. The van der Waals surface area contributed by atoms with Crippen molar-refractivity contribution >= 4 is 0 Å². The van der Waals surface area contributed by atoms with Gasteiger partial charge in [0, 0.05) is 12.4 Å². The lowest BCUT2D eigenvalue weighted by atomic mass is 10.3. The summed E-state index contributed by atoms with van der Waals surface area (Å²) in [6.45, 7) is 3.90. The van der Waals surface area contributed by atoms with Gasteiger partial charge in [0.2, 0.25) is 0 Å². The lowest BCUT2D eigenvalue weighted by molar-refractivity contribution is 0.655.